The molecule has 0 aromatic heterocycles. The van der Waals surface area contributed by atoms with Gasteiger partial charge in [0.15, 0.2) is 0 Å². The Labute approximate surface area is 113 Å². The first kappa shape index (κ1) is 15.1. The van der Waals surface area contributed by atoms with Gasteiger partial charge in [0.1, 0.15) is 11.5 Å². The minimum atomic E-state index is -0.848. The van der Waals surface area contributed by atoms with E-state index in [1.54, 1.807) is 28.1 Å². The lowest BCUT2D eigenvalue weighted by Crippen LogP contribution is -2.31. The van der Waals surface area contributed by atoms with Crippen LogP contribution in [0.25, 0.3) is 0 Å². The number of benzene rings is 1. The largest absolute Gasteiger partial charge is 0.496 e. The Morgan fingerprint density at radius 3 is 2.42 bits per heavy atom. The molecule has 5 nitrogen and oxygen atoms in total. The minimum absolute atomic E-state index is 0.310. The Bertz CT molecular complexity index is 469. The molecule has 0 saturated heterocycles. The van der Waals surface area contributed by atoms with E-state index >= 15 is 0 Å². The summed E-state index contributed by atoms with van der Waals surface area (Å²) in [5.74, 6) is 0.560. The van der Waals surface area contributed by atoms with Gasteiger partial charge in [-0.2, -0.15) is 0 Å². The van der Waals surface area contributed by atoms with Gasteiger partial charge in [-0.3, -0.25) is 4.79 Å². The third kappa shape index (κ3) is 3.30. The fourth-order valence-electron chi connectivity index (χ4n) is 1.69. The third-order valence-corrected chi connectivity index (χ3v) is 3.08. The fraction of sp³-hybridized carbons (Fsp3) is 0.500. The van der Waals surface area contributed by atoms with E-state index in [4.69, 9.17) is 14.6 Å². The highest BCUT2D eigenvalue weighted by Crippen LogP contribution is 2.35. The maximum Gasteiger partial charge on any atom is 0.310 e. The Morgan fingerprint density at radius 2 is 1.95 bits per heavy atom. The van der Waals surface area contributed by atoms with Crippen LogP contribution in [0, 0.1) is 12.3 Å². The fourth-order valence-corrected chi connectivity index (χ4v) is 1.69. The second-order valence-corrected chi connectivity index (χ2v) is 5.02. The van der Waals surface area contributed by atoms with E-state index in [9.17, 15) is 4.79 Å². The van der Waals surface area contributed by atoms with Gasteiger partial charge in [-0.15, -0.1) is 0 Å². The van der Waals surface area contributed by atoms with Crippen molar-refractivity contribution in [3.05, 3.63) is 17.7 Å². The van der Waals surface area contributed by atoms with Crippen LogP contribution in [0.5, 0.6) is 11.5 Å². The number of hydrogen-bond acceptors (Lipinski definition) is 4. The van der Waals surface area contributed by atoms with Crippen LogP contribution in [0.15, 0.2) is 12.1 Å². The van der Waals surface area contributed by atoms with Gasteiger partial charge < -0.3 is 19.9 Å². The number of ether oxygens (including phenoxy) is 2. The Morgan fingerprint density at radius 1 is 1.32 bits per heavy atom. The van der Waals surface area contributed by atoms with Gasteiger partial charge >= 0.3 is 5.97 Å². The molecule has 106 valence electrons. The van der Waals surface area contributed by atoms with E-state index in [2.05, 4.69) is 5.32 Å². The molecule has 0 bridgehead atoms. The summed E-state index contributed by atoms with van der Waals surface area (Å²) in [6, 6.07) is 3.65. The van der Waals surface area contributed by atoms with E-state index in [0.29, 0.717) is 12.3 Å². The molecule has 0 aliphatic heterocycles. The van der Waals surface area contributed by atoms with Gasteiger partial charge in [0.25, 0.3) is 0 Å². The highest BCUT2D eigenvalue weighted by atomic mass is 16.5. The number of rotatable bonds is 6. The minimum Gasteiger partial charge on any atom is -0.496 e. The van der Waals surface area contributed by atoms with Crippen LogP contribution in [0.3, 0.4) is 0 Å². The number of hydrogen-bond donors (Lipinski definition) is 2. The predicted molar refractivity (Wildman–Crippen MR) is 74.2 cm³/mol. The lowest BCUT2D eigenvalue weighted by Gasteiger charge is -2.22. The molecule has 0 spiro atoms. The number of carboxylic acids is 1. The lowest BCUT2D eigenvalue weighted by molar-refractivity contribution is -0.146. The number of methoxy groups -OCH3 is 2. The molecular formula is C14H21NO4. The number of anilines is 1. The molecule has 1 aromatic carbocycles. The monoisotopic (exact) mass is 267 g/mol. The molecule has 0 unspecified atom stereocenters. The topological polar surface area (TPSA) is 67.8 Å². The number of carboxylic acid groups (broad SMARTS) is 1. The molecular weight excluding hydrogens is 246 g/mol. The van der Waals surface area contributed by atoms with Gasteiger partial charge in [0, 0.05) is 12.1 Å². The molecule has 1 aromatic rings. The molecule has 0 aliphatic carbocycles. The maximum absolute atomic E-state index is 11.1. The highest BCUT2D eigenvalue weighted by Gasteiger charge is 2.27. The van der Waals surface area contributed by atoms with E-state index in [0.717, 1.165) is 17.0 Å². The zero-order chi connectivity index (χ0) is 14.6. The van der Waals surface area contributed by atoms with Gasteiger partial charge in [-0.25, -0.2) is 0 Å². The summed E-state index contributed by atoms with van der Waals surface area (Å²) >= 11 is 0. The Balaban J connectivity index is 2.96. The normalized spacial score (nSPS) is 11.0. The van der Waals surface area contributed by atoms with Crippen molar-refractivity contribution in [3.8, 4) is 11.5 Å². The van der Waals surface area contributed by atoms with Crippen LogP contribution in [-0.4, -0.2) is 31.8 Å². The van der Waals surface area contributed by atoms with E-state index in [1.165, 1.54) is 0 Å². The summed E-state index contributed by atoms with van der Waals surface area (Å²) in [5, 5.41) is 12.2. The van der Waals surface area contributed by atoms with Crippen molar-refractivity contribution < 1.29 is 19.4 Å². The molecule has 0 heterocycles. The van der Waals surface area contributed by atoms with Crippen LogP contribution < -0.4 is 14.8 Å². The summed E-state index contributed by atoms with van der Waals surface area (Å²) in [6.07, 6.45) is 0. The summed E-state index contributed by atoms with van der Waals surface area (Å²) < 4.78 is 10.6. The van der Waals surface area contributed by atoms with Crippen molar-refractivity contribution in [2.75, 3.05) is 26.1 Å². The lowest BCUT2D eigenvalue weighted by atomic mass is 9.94. The van der Waals surface area contributed by atoms with Crippen molar-refractivity contribution in [1.82, 2.24) is 0 Å². The zero-order valence-electron chi connectivity index (χ0n) is 12.0. The second kappa shape index (κ2) is 5.82. The van der Waals surface area contributed by atoms with Gasteiger partial charge in [0.2, 0.25) is 0 Å². The first-order valence-electron chi connectivity index (χ1n) is 6.02. The van der Waals surface area contributed by atoms with Crippen LogP contribution in [-0.2, 0) is 4.79 Å². The molecule has 0 amide bonds. The maximum atomic E-state index is 11.1. The van der Waals surface area contributed by atoms with E-state index in [1.807, 2.05) is 19.1 Å². The van der Waals surface area contributed by atoms with Crippen molar-refractivity contribution >= 4 is 11.7 Å². The molecule has 0 fully saturated rings. The zero-order valence-corrected chi connectivity index (χ0v) is 12.0. The number of carbonyl (C=O) groups is 1. The third-order valence-electron chi connectivity index (χ3n) is 3.08. The van der Waals surface area contributed by atoms with Crippen molar-refractivity contribution in [2.24, 2.45) is 5.41 Å². The number of nitrogens with one attached hydrogen (secondary N) is 1. The average Bonchev–Trinajstić information content (AvgIpc) is 2.36. The molecule has 0 aliphatic rings. The molecule has 0 radical (unpaired) electrons. The van der Waals surface area contributed by atoms with E-state index < -0.39 is 11.4 Å². The summed E-state index contributed by atoms with van der Waals surface area (Å²) in [4.78, 5) is 11.1. The number of aliphatic carboxylic acids is 1. The standard InChI is InChI=1S/C14H21NO4/c1-9-11(18-4)7-6-10(12(9)19-5)15-8-14(2,3)13(16)17/h6-7,15H,8H2,1-5H3,(H,16,17). The van der Waals surface area contributed by atoms with Crippen LogP contribution >= 0.6 is 0 Å². The smallest absolute Gasteiger partial charge is 0.310 e. The van der Waals surface area contributed by atoms with Crippen LogP contribution in [0.2, 0.25) is 0 Å². The molecule has 2 N–H and O–H groups in total. The first-order valence-corrected chi connectivity index (χ1v) is 6.02. The molecule has 5 heteroatoms. The molecule has 19 heavy (non-hydrogen) atoms. The SMILES string of the molecule is COc1ccc(NCC(C)(C)C(=O)O)c(OC)c1C. The molecule has 0 saturated carbocycles. The summed E-state index contributed by atoms with van der Waals surface area (Å²) in [7, 11) is 3.18. The second-order valence-electron chi connectivity index (χ2n) is 5.02. The molecule has 0 atom stereocenters. The van der Waals surface area contributed by atoms with Gasteiger partial charge in [-0.05, 0) is 32.9 Å². The van der Waals surface area contributed by atoms with E-state index in [-0.39, 0.29) is 0 Å². The molecule has 1 rings (SSSR count). The van der Waals surface area contributed by atoms with Gasteiger partial charge in [-0.1, -0.05) is 0 Å². The Hall–Kier alpha value is -1.91. The predicted octanol–water partition coefficient (Wildman–Crippen LogP) is 2.53. The van der Waals surface area contributed by atoms with Gasteiger partial charge in [0.05, 0.1) is 25.3 Å². The quantitative estimate of drug-likeness (QED) is 0.829. The van der Waals surface area contributed by atoms with Crippen molar-refractivity contribution in [2.45, 2.75) is 20.8 Å². The Kier molecular flexibility index (Phi) is 4.64. The highest BCUT2D eigenvalue weighted by molar-refractivity contribution is 5.75. The van der Waals surface area contributed by atoms with Crippen molar-refractivity contribution in [1.29, 1.82) is 0 Å². The first-order chi connectivity index (χ1) is 8.83. The average molecular weight is 267 g/mol. The van der Waals surface area contributed by atoms with Crippen LogP contribution in [0.1, 0.15) is 19.4 Å². The van der Waals surface area contributed by atoms with Crippen molar-refractivity contribution in [3.63, 3.8) is 0 Å². The van der Waals surface area contributed by atoms with Crippen LogP contribution in [0.4, 0.5) is 5.69 Å². The summed E-state index contributed by atoms with van der Waals surface area (Å²) in [5.41, 5.74) is 0.789. The summed E-state index contributed by atoms with van der Waals surface area (Å²) in [6.45, 7) is 5.55.